The van der Waals surface area contributed by atoms with Crippen molar-refractivity contribution in [2.45, 2.75) is 58.7 Å². The van der Waals surface area contributed by atoms with Crippen LogP contribution in [-0.2, 0) is 14.0 Å². The lowest BCUT2D eigenvalue weighted by Crippen LogP contribution is -2.42. The predicted molar refractivity (Wildman–Crippen MR) is 65.6 cm³/mol. The summed E-state index contributed by atoms with van der Waals surface area (Å²) in [5, 5.41) is 0. The van der Waals surface area contributed by atoms with E-state index in [0.29, 0.717) is 25.7 Å². The van der Waals surface area contributed by atoms with Crippen molar-refractivity contribution in [2.75, 3.05) is 0 Å². The summed E-state index contributed by atoms with van der Waals surface area (Å²) in [7, 11) is -1.82. The van der Waals surface area contributed by atoms with E-state index in [1.165, 1.54) is 0 Å². The first-order valence-corrected chi connectivity index (χ1v) is 9.45. The van der Waals surface area contributed by atoms with Crippen molar-refractivity contribution in [1.82, 2.24) is 0 Å². The highest BCUT2D eigenvalue weighted by Crippen LogP contribution is 2.39. The summed E-state index contributed by atoms with van der Waals surface area (Å²) in [6, 6.07) is 0. The van der Waals surface area contributed by atoms with Crippen LogP contribution in [0.25, 0.3) is 0 Å². The Morgan fingerprint density at radius 3 is 2.19 bits per heavy atom. The normalized spacial score (nSPS) is 20.6. The molecular weight excluding hydrogens is 220 g/mol. The summed E-state index contributed by atoms with van der Waals surface area (Å²) in [5.74, 6) is 0.214. The van der Waals surface area contributed by atoms with Crippen LogP contribution in [-0.4, -0.2) is 20.1 Å². The molecule has 3 nitrogen and oxygen atoms in total. The molecule has 0 saturated heterocycles. The molecule has 1 fully saturated rings. The molecule has 16 heavy (non-hydrogen) atoms. The lowest BCUT2D eigenvalue weighted by molar-refractivity contribution is -0.150. The van der Waals surface area contributed by atoms with Crippen molar-refractivity contribution < 1.29 is 14.0 Å². The van der Waals surface area contributed by atoms with Gasteiger partial charge in [0.25, 0.3) is 5.97 Å². The van der Waals surface area contributed by atoms with Crippen molar-refractivity contribution in [2.24, 2.45) is 5.41 Å². The maximum atomic E-state index is 12.2. The lowest BCUT2D eigenvalue weighted by atomic mass is 9.72. The van der Waals surface area contributed by atoms with Gasteiger partial charge in [0.15, 0.2) is 0 Å². The molecule has 0 N–H and O–H groups in total. The van der Waals surface area contributed by atoms with Gasteiger partial charge in [-0.3, -0.25) is 9.59 Å². The Bertz CT molecular complexity index is 281. The second kappa shape index (κ2) is 4.70. The van der Waals surface area contributed by atoms with E-state index in [1.807, 2.05) is 26.6 Å². The van der Waals surface area contributed by atoms with Gasteiger partial charge in [0.2, 0.25) is 8.32 Å². The van der Waals surface area contributed by atoms with Crippen LogP contribution in [0.1, 0.15) is 39.0 Å². The minimum absolute atomic E-state index is 0.0679. The molecular formula is C12H22O3Si. The van der Waals surface area contributed by atoms with Crippen LogP contribution in [0.3, 0.4) is 0 Å². The van der Waals surface area contributed by atoms with Gasteiger partial charge in [-0.15, -0.1) is 0 Å². The maximum absolute atomic E-state index is 12.2. The van der Waals surface area contributed by atoms with Crippen molar-refractivity contribution in [1.29, 1.82) is 0 Å². The molecule has 1 aliphatic carbocycles. The molecule has 0 aromatic rings. The number of rotatable bonds is 3. The molecule has 1 saturated carbocycles. The number of hydrogen-bond acceptors (Lipinski definition) is 3. The van der Waals surface area contributed by atoms with Crippen LogP contribution in [0.4, 0.5) is 0 Å². The van der Waals surface area contributed by atoms with Crippen LogP contribution in [0.15, 0.2) is 0 Å². The summed E-state index contributed by atoms with van der Waals surface area (Å²) in [5.41, 5.74) is -0.381. The van der Waals surface area contributed by atoms with Crippen LogP contribution in [0, 0.1) is 5.41 Å². The van der Waals surface area contributed by atoms with Gasteiger partial charge in [-0.05, 0) is 38.9 Å². The predicted octanol–water partition coefficient (Wildman–Crippen LogP) is 2.90. The first-order chi connectivity index (χ1) is 7.29. The molecule has 4 heteroatoms. The second-order valence-corrected chi connectivity index (χ2v) is 10.1. The highest BCUT2D eigenvalue weighted by Gasteiger charge is 2.42. The van der Waals surface area contributed by atoms with Gasteiger partial charge in [0.05, 0.1) is 5.41 Å². The number of hydrogen-bond donors (Lipinski definition) is 0. The minimum atomic E-state index is -1.82. The van der Waals surface area contributed by atoms with Gasteiger partial charge >= 0.3 is 0 Å². The molecule has 0 aliphatic heterocycles. The number of carbonyl (C=O) groups is 2. The molecule has 0 amide bonds. The molecule has 92 valence electrons. The van der Waals surface area contributed by atoms with E-state index >= 15 is 0 Å². The van der Waals surface area contributed by atoms with Crippen LogP contribution in [0.5, 0.6) is 0 Å². The number of ketones is 1. The third-order valence-electron chi connectivity index (χ3n) is 3.27. The highest BCUT2D eigenvalue weighted by molar-refractivity contribution is 6.71. The fraction of sp³-hybridized carbons (Fsp3) is 0.833. The quantitative estimate of drug-likeness (QED) is 0.715. The van der Waals surface area contributed by atoms with E-state index in [2.05, 4.69) is 0 Å². The largest absolute Gasteiger partial charge is 0.519 e. The smallest absolute Gasteiger partial charge is 0.298 e. The van der Waals surface area contributed by atoms with Gasteiger partial charge in [-0.2, -0.15) is 0 Å². The van der Waals surface area contributed by atoms with Crippen LogP contribution >= 0.6 is 0 Å². The van der Waals surface area contributed by atoms with E-state index in [4.69, 9.17) is 4.43 Å². The fourth-order valence-corrected chi connectivity index (χ4v) is 2.87. The zero-order chi connectivity index (χ0) is 12.4. The Morgan fingerprint density at radius 1 is 1.31 bits per heavy atom. The minimum Gasteiger partial charge on any atom is -0.519 e. The summed E-state index contributed by atoms with van der Waals surface area (Å²) in [6.45, 7) is 8.06. The van der Waals surface area contributed by atoms with Gasteiger partial charge in [0.1, 0.15) is 5.78 Å². The Morgan fingerprint density at radius 2 is 1.81 bits per heavy atom. The molecule has 0 bridgehead atoms. The zero-order valence-corrected chi connectivity index (χ0v) is 11.8. The molecule has 0 aromatic heterocycles. The molecule has 0 atom stereocenters. The number of carbonyl (C=O) groups excluding carboxylic acids is 2. The van der Waals surface area contributed by atoms with Gasteiger partial charge in [-0.25, -0.2) is 0 Å². The Labute approximate surface area is 98.7 Å². The van der Waals surface area contributed by atoms with Crippen LogP contribution in [0.2, 0.25) is 19.6 Å². The van der Waals surface area contributed by atoms with Crippen molar-refractivity contribution in [3.05, 3.63) is 0 Å². The Kier molecular flexibility index (Phi) is 3.94. The van der Waals surface area contributed by atoms with Crippen molar-refractivity contribution in [3.63, 3.8) is 0 Å². The Hall–Kier alpha value is -0.643. The van der Waals surface area contributed by atoms with E-state index in [9.17, 15) is 9.59 Å². The molecule has 1 rings (SSSR count). The van der Waals surface area contributed by atoms with Crippen molar-refractivity contribution >= 4 is 20.1 Å². The third-order valence-corrected chi connectivity index (χ3v) is 4.07. The SMILES string of the molecule is CCC1(C(=O)O[Si](C)(C)C)CCC(=O)CC1. The van der Waals surface area contributed by atoms with E-state index in [0.717, 1.165) is 6.42 Å². The third kappa shape index (κ3) is 3.17. The summed E-state index contributed by atoms with van der Waals surface area (Å²) < 4.78 is 5.60. The monoisotopic (exact) mass is 242 g/mol. The highest BCUT2D eigenvalue weighted by atomic mass is 28.4. The molecule has 0 aromatic carbocycles. The summed E-state index contributed by atoms with van der Waals surface area (Å²) >= 11 is 0. The van der Waals surface area contributed by atoms with E-state index in [-0.39, 0.29) is 17.2 Å². The van der Waals surface area contributed by atoms with Gasteiger partial charge in [0, 0.05) is 12.8 Å². The molecule has 0 unspecified atom stereocenters. The average Bonchev–Trinajstić information content (AvgIpc) is 2.17. The first kappa shape index (κ1) is 13.4. The van der Waals surface area contributed by atoms with Crippen LogP contribution < -0.4 is 0 Å². The second-order valence-electron chi connectivity index (χ2n) is 5.67. The molecule has 0 heterocycles. The molecule has 1 aliphatic rings. The lowest BCUT2D eigenvalue weighted by Gasteiger charge is -2.35. The topological polar surface area (TPSA) is 43.4 Å². The Balaban J connectivity index is 2.73. The molecule has 0 spiro atoms. The van der Waals surface area contributed by atoms with Gasteiger partial charge in [-0.1, -0.05) is 6.92 Å². The maximum Gasteiger partial charge on any atom is 0.298 e. The number of Topliss-reactive ketones (excluding diaryl/α,β-unsaturated/α-hetero) is 1. The zero-order valence-electron chi connectivity index (χ0n) is 10.8. The summed E-state index contributed by atoms with van der Waals surface area (Å²) in [4.78, 5) is 23.4. The first-order valence-electron chi connectivity index (χ1n) is 6.04. The average molecular weight is 242 g/mol. The summed E-state index contributed by atoms with van der Waals surface area (Å²) in [6.07, 6.45) is 3.20. The fourth-order valence-electron chi connectivity index (χ4n) is 2.10. The van der Waals surface area contributed by atoms with E-state index < -0.39 is 8.32 Å². The standard InChI is InChI=1S/C12H22O3Si/c1-5-12(8-6-10(13)7-9-12)11(14)15-16(2,3)4/h5-9H2,1-4H3. The van der Waals surface area contributed by atoms with E-state index in [1.54, 1.807) is 0 Å². The van der Waals surface area contributed by atoms with Crippen molar-refractivity contribution in [3.8, 4) is 0 Å². The van der Waals surface area contributed by atoms with Gasteiger partial charge < -0.3 is 4.43 Å². The molecule has 0 radical (unpaired) electrons.